The summed E-state index contributed by atoms with van der Waals surface area (Å²) in [4.78, 5) is 0.552. The van der Waals surface area contributed by atoms with Crippen molar-refractivity contribution in [3.05, 3.63) is 32.7 Å². The van der Waals surface area contributed by atoms with Gasteiger partial charge in [-0.25, -0.2) is 0 Å². The molecule has 10 heteroatoms. The van der Waals surface area contributed by atoms with Crippen LogP contribution in [0.5, 0.6) is 0 Å². The molecule has 0 saturated carbocycles. The monoisotopic (exact) mass is 458 g/mol. The van der Waals surface area contributed by atoms with Crippen molar-refractivity contribution in [1.82, 2.24) is 20.3 Å². The van der Waals surface area contributed by atoms with E-state index in [0.29, 0.717) is 28.0 Å². The summed E-state index contributed by atoms with van der Waals surface area (Å²) in [5.74, 6) is -2.47. The van der Waals surface area contributed by atoms with Crippen LogP contribution in [0.2, 0.25) is 4.34 Å². The summed E-state index contributed by atoms with van der Waals surface area (Å²) in [6, 6.07) is 1.35. The van der Waals surface area contributed by atoms with E-state index in [1.54, 1.807) is 0 Å². The van der Waals surface area contributed by atoms with Crippen molar-refractivity contribution in [2.45, 2.75) is 62.8 Å². The maximum Gasteiger partial charge on any atom is 0.297 e. The molecule has 0 aliphatic carbocycles. The molecular weight excluding hydrogens is 434 g/mol. The molecule has 2 aromatic rings. The average molecular weight is 459 g/mol. The van der Waals surface area contributed by atoms with E-state index in [4.69, 9.17) is 21.1 Å². The van der Waals surface area contributed by atoms with Crippen molar-refractivity contribution in [3.63, 3.8) is 0 Å². The molecule has 3 atom stereocenters. The second kappa shape index (κ2) is 7.78. The number of thiophene rings is 1. The van der Waals surface area contributed by atoms with Gasteiger partial charge in [0.05, 0.1) is 22.3 Å². The molecule has 3 aliphatic rings. The number of hydrogen-bond donors (Lipinski definition) is 1. The molecule has 1 spiro atoms. The van der Waals surface area contributed by atoms with Crippen molar-refractivity contribution in [2.75, 3.05) is 19.8 Å². The quantitative estimate of drug-likeness (QED) is 0.745. The minimum absolute atomic E-state index is 0.0137. The minimum atomic E-state index is -3.01. The molecule has 0 unspecified atom stereocenters. The standard InChI is InChI=1S/C20H25ClF2N4O2S/c1-12-7-19(18-14(6-17(21)30-18)20(22,23)11-29-19)8-15(24-12)16-10-27(26-25-16)9-13-2-4-28-5-3-13/h6,10,12-13,15,24H,2-5,7-9,11H2,1H3/t12-,15-,19-/m0/s1. The van der Waals surface area contributed by atoms with Gasteiger partial charge in [-0.2, -0.15) is 8.78 Å². The summed E-state index contributed by atoms with van der Waals surface area (Å²) in [6.45, 7) is 3.83. The normalized spacial score (nSPS) is 31.7. The number of piperidine rings is 1. The zero-order chi connectivity index (χ0) is 20.9. The zero-order valence-corrected chi connectivity index (χ0v) is 18.3. The summed E-state index contributed by atoms with van der Waals surface area (Å²) < 4.78 is 42.5. The molecule has 2 aromatic heterocycles. The van der Waals surface area contributed by atoms with Gasteiger partial charge in [0.25, 0.3) is 5.92 Å². The van der Waals surface area contributed by atoms with E-state index in [2.05, 4.69) is 15.6 Å². The number of fused-ring (bicyclic) bond motifs is 2. The van der Waals surface area contributed by atoms with Crippen LogP contribution >= 0.6 is 22.9 Å². The van der Waals surface area contributed by atoms with Crippen molar-refractivity contribution < 1.29 is 18.3 Å². The average Bonchev–Trinajstić information content (AvgIpc) is 3.34. The Morgan fingerprint density at radius 1 is 1.33 bits per heavy atom. The topological polar surface area (TPSA) is 61.2 Å². The maximum atomic E-state index is 14.5. The Kier molecular flexibility index (Phi) is 5.38. The van der Waals surface area contributed by atoms with Crippen LogP contribution in [-0.2, 0) is 27.5 Å². The highest BCUT2D eigenvalue weighted by molar-refractivity contribution is 7.16. The van der Waals surface area contributed by atoms with Crippen molar-refractivity contribution in [2.24, 2.45) is 5.92 Å². The van der Waals surface area contributed by atoms with Crippen LogP contribution in [0.15, 0.2) is 12.3 Å². The number of nitrogens with one attached hydrogen (secondary N) is 1. The third-order valence-corrected chi connectivity index (χ3v) is 7.84. The summed E-state index contributed by atoms with van der Waals surface area (Å²) >= 11 is 7.35. The smallest absolute Gasteiger partial charge is 0.297 e. The summed E-state index contributed by atoms with van der Waals surface area (Å²) in [5.41, 5.74) is 0.0483. The van der Waals surface area contributed by atoms with Gasteiger partial charge in [0.1, 0.15) is 12.2 Å². The molecule has 5 rings (SSSR count). The molecule has 0 radical (unpaired) electrons. The summed E-state index contributed by atoms with van der Waals surface area (Å²) in [7, 11) is 0. The highest BCUT2D eigenvalue weighted by atomic mass is 35.5. The van der Waals surface area contributed by atoms with E-state index in [1.165, 1.54) is 17.4 Å². The van der Waals surface area contributed by atoms with Crippen LogP contribution in [0.3, 0.4) is 0 Å². The first-order valence-electron chi connectivity index (χ1n) is 10.4. The van der Waals surface area contributed by atoms with E-state index in [1.807, 2.05) is 17.8 Å². The van der Waals surface area contributed by atoms with Gasteiger partial charge in [-0.1, -0.05) is 16.8 Å². The van der Waals surface area contributed by atoms with E-state index >= 15 is 0 Å². The number of rotatable bonds is 3. The van der Waals surface area contributed by atoms with Gasteiger partial charge in [0.15, 0.2) is 0 Å². The number of alkyl halides is 2. The lowest BCUT2D eigenvalue weighted by Gasteiger charge is -2.47. The van der Waals surface area contributed by atoms with Crippen molar-refractivity contribution in [1.29, 1.82) is 0 Å². The number of halogens is 3. The van der Waals surface area contributed by atoms with Gasteiger partial charge in [0, 0.05) is 42.7 Å². The van der Waals surface area contributed by atoms with E-state index in [-0.39, 0.29) is 17.6 Å². The minimum Gasteiger partial charge on any atom is -0.381 e. The lowest BCUT2D eigenvalue weighted by atomic mass is 9.78. The number of aromatic nitrogens is 3. The molecule has 6 nitrogen and oxygen atoms in total. The van der Waals surface area contributed by atoms with Crippen molar-refractivity contribution in [3.8, 4) is 0 Å². The van der Waals surface area contributed by atoms with Crippen LogP contribution in [0.25, 0.3) is 0 Å². The molecule has 0 bridgehead atoms. The molecule has 164 valence electrons. The van der Waals surface area contributed by atoms with Gasteiger partial charge >= 0.3 is 0 Å². The van der Waals surface area contributed by atoms with Gasteiger partial charge in [0.2, 0.25) is 0 Å². The third-order valence-electron chi connectivity index (χ3n) is 6.39. The highest BCUT2D eigenvalue weighted by Gasteiger charge is 2.53. The Hall–Kier alpha value is -1.13. The first kappa shape index (κ1) is 20.8. The largest absolute Gasteiger partial charge is 0.381 e. The summed E-state index contributed by atoms with van der Waals surface area (Å²) in [5, 5.41) is 12.3. The molecule has 5 heterocycles. The predicted octanol–water partition coefficient (Wildman–Crippen LogP) is 4.25. The third kappa shape index (κ3) is 3.79. The fraction of sp³-hybridized carbons (Fsp3) is 0.700. The Bertz CT molecular complexity index is 917. The molecular formula is C20H25ClF2N4O2S. The number of ether oxygens (including phenoxy) is 2. The van der Waals surface area contributed by atoms with Crippen LogP contribution < -0.4 is 5.32 Å². The van der Waals surface area contributed by atoms with E-state index in [9.17, 15) is 8.78 Å². The van der Waals surface area contributed by atoms with Crippen LogP contribution in [0.1, 0.15) is 54.8 Å². The first-order valence-corrected chi connectivity index (χ1v) is 11.6. The predicted molar refractivity (Wildman–Crippen MR) is 109 cm³/mol. The van der Waals surface area contributed by atoms with Gasteiger partial charge in [-0.3, -0.25) is 4.68 Å². The van der Waals surface area contributed by atoms with Crippen LogP contribution in [0.4, 0.5) is 8.78 Å². The van der Waals surface area contributed by atoms with Crippen LogP contribution in [0, 0.1) is 5.92 Å². The van der Waals surface area contributed by atoms with E-state index in [0.717, 1.165) is 38.3 Å². The number of hydrogen-bond acceptors (Lipinski definition) is 6. The summed E-state index contributed by atoms with van der Waals surface area (Å²) in [6.07, 6.45) is 5.16. The fourth-order valence-electron chi connectivity index (χ4n) is 4.96. The molecule has 30 heavy (non-hydrogen) atoms. The Labute approximate surface area is 182 Å². The molecule has 0 amide bonds. The van der Waals surface area contributed by atoms with E-state index < -0.39 is 18.1 Å². The van der Waals surface area contributed by atoms with Gasteiger partial charge in [-0.05, 0) is 38.2 Å². The van der Waals surface area contributed by atoms with Crippen molar-refractivity contribution >= 4 is 22.9 Å². The SMILES string of the molecule is C[C@H]1C[C@@]2(C[C@@H](c3cn(CC4CCOCC4)nn3)N1)OCC(F)(F)c1cc(Cl)sc12. The molecule has 1 N–H and O–H groups in total. The van der Waals surface area contributed by atoms with Crippen LogP contribution in [-0.4, -0.2) is 40.9 Å². The Balaban J connectivity index is 1.39. The Morgan fingerprint density at radius 3 is 2.93 bits per heavy atom. The lowest BCUT2D eigenvalue weighted by Crippen LogP contribution is -2.51. The molecule has 3 aliphatic heterocycles. The molecule has 2 fully saturated rings. The lowest BCUT2D eigenvalue weighted by molar-refractivity contribution is -0.183. The van der Waals surface area contributed by atoms with Gasteiger partial charge in [-0.15, -0.1) is 16.4 Å². The second-order valence-electron chi connectivity index (χ2n) is 8.73. The Morgan fingerprint density at radius 2 is 2.13 bits per heavy atom. The van der Waals surface area contributed by atoms with Gasteiger partial charge < -0.3 is 14.8 Å². The first-order chi connectivity index (χ1) is 14.3. The fourth-order valence-corrected chi connectivity index (χ4v) is 6.40. The number of nitrogens with zero attached hydrogens (tertiary/aromatic N) is 3. The molecule has 0 aromatic carbocycles. The molecule has 2 saturated heterocycles. The second-order valence-corrected chi connectivity index (χ2v) is 10.4. The highest BCUT2D eigenvalue weighted by Crippen LogP contribution is 2.54. The zero-order valence-electron chi connectivity index (χ0n) is 16.7. The maximum absolute atomic E-state index is 14.5.